The van der Waals surface area contributed by atoms with Crippen LogP contribution in [0.4, 0.5) is 0 Å². The van der Waals surface area contributed by atoms with Crippen molar-refractivity contribution in [2.75, 3.05) is 6.61 Å². The Bertz CT molecular complexity index is 173. The largest absolute Gasteiger partial charge is 0.374 e. The molecule has 0 N–H and O–H groups in total. The average molecular weight is 168 g/mol. The topological polar surface area (TPSA) is 26.3 Å². The van der Waals surface area contributed by atoms with Gasteiger partial charge in [-0.05, 0) is 32.1 Å². The molecule has 12 heavy (non-hydrogen) atoms. The Balaban J connectivity index is 2.14. The number of hydrogen-bond donors (Lipinski definition) is 0. The summed E-state index contributed by atoms with van der Waals surface area (Å²) < 4.78 is 5.78. The predicted molar refractivity (Wildman–Crippen MR) is 45.9 cm³/mol. The van der Waals surface area contributed by atoms with Crippen molar-refractivity contribution in [2.45, 2.75) is 44.6 Å². The molecule has 1 saturated carbocycles. The first-order valence-electron chi connectivity index (χ1n) is 4.85. The highest BCUT2D eigenvalue weighted by molar-refractivity contribution is 5.60. The maximum atomic E-state index is 10.9. The molecular weight excluding hydrogens is 152 g/mol. The van der Waals surface area contributed by atoms with E-state index in [2.05, 4.69) is 6.92 Å². The van der Waals surface area contributed by atoms with Gasteiger partial charge in [-0.1, -0.05) is 6.92 Å². The molecule has 0 amide bonds. The third-order valence-electron chi connectivity index (χ3n) is 3.72. The second-order valence-electron chi connectivity index (χ2n) is 4.31. The van der Waals surface area contributed by atoms with Crippen molar-refractivity contribution in [1.29, 1.82) is 0 Å². The molecule has 0 aromatic rings. The fourth-order valence-electron chi connectivity index (χ4n) is 2.40. The zero-order valence-electron chi connectivity index (χ0n) is 7.64. The molecule has 0 aromatic carbocycles. The summed E-state index contributed by atoms with van der Waals surface area (Å²) in [5.74, 6) is 0. The number of ether oxygens (including phenoxy) is 1. The minimum Gasteiger partial charge on any atom is -0.374 e. The molecular formula is C10H16O2. The quantitative estimate of drug-likeness (QED) is 0.589. The van der Waals surface area contributed by atoms with Crippen molar-refractivity contribution in [1.82, 2.24) is 0 Å². The Morgan fingerprint density at radius 3 is 2.33 bits per heavy atom. The average Bonchev–Trinajstić information content (AvgIpc) is 2.21. The van der Waals surface area contributed by atoms with Crippen LogP contribution in [0, 0.1) is 5.41 Å². The highest BCUT2D eigenvalue weighted by Gasteiger charge is 2.48. The molecule has 3 rings (SSSR count). The Morgan fingerprint density at radius 2 is 2.00 bits per heavy atom. The van der Waals surface area contributed by atoms with Gasteiger partial charge in [0.05, 0.1) is 12.2 Å². The zero-order chi connectivity index (χ0) is 8.66. The molecule has 2 nitrogen and oxygen atoms in total. The van der Waals surface area contributed by atoms with Gasteiger partial charge in [0.15, 0.2) is 0 Å². The van der Waals surface area contributed by atoms with E-state index in [4.69, 9.17) is 4.74 Å². The Kier molecular flexibility index (Phi) is 1.76. The van der Waals surface area contributed by atoms with Crippen LogP contribution < -0.4 is 0 Å². The summed E-state index contributed by atoms with van der Waals surface area (Å²) >= 11 is 0. The van der Waals surface area contributed by atoms with Crippen molar-refractivity contribution in [3.63, 3.8) is 0 Å². The molecule has 2 heteroatoms. The minimum atomic E-state index is -0.100. The third-order valence-corrected chi connectivity index (χ3v) is 3.72. The summed E-state index contributed by atoms with van der Waals surface area (Å²) in [5, 5.41) is 0. The van der Waals surface area contributed by atoms with Crippen molar-refractivity contribution in [3.05, 3.63) is 0 Å². The molecule has 68 valence electrons. The molecule has 0 spiro atoms. The van der Waals surface area contributed by atoms with E-state index >= 15 is 0 Å². The van der Waals surface area contributed by atoms with Crippen LogP contribution in [0.2, 0.25) is 0 Å². The lowest BCUT2D eigenvalue weighted by molar-refractivity contribution is -0.182. The van der Waals surface area contributed by atoms with Gasteiger partial charge in [-0.25, -0.2) is 0 Å². The fourth-order valence-corrected chi connectivity index (χ4v) is 2.40. The van der Waals surface area contributed by atoms with Gasteiger partial charge in [0.25, 0.3) is 0 Å². The standard InChI is InChI=1S/C10H16O2/c1-2-10-5-3-9(7-11,4-6-10)8-12-10/h7H,2-6,8H2,1H3. The lowest BCUT2D eigenvalue weighted by Crippen LogP contribution is -2.51. The lowest BCUT2D eigenvalue weighted by atomic mass is 9.66. The number of aldehydes is 1. The van der Waals surface area contributed by atoms with E-state index in [1.54, 1.807) is 0 Å². The molecule has 0 unspecified atom stereocenters. The van der Waals surface area contributed by atoms with Crippen LogP contribution in [0.3, 0.4) is 0 Å². The van der Waals surface area contributed by atoms with Gasteiger partial charge >= 0.3 is 0 Å². The van der Waals surface area contributed by atoms with Crippen molar-refractivity contribution < 1.29 is 9.53 Å². The summed E-state index contributed by atoms with van der Waals surface area (Å²) in [6.07, 6.45) is 6.48. The predicted octanol–water partition coefficient (Wildman–Crippen LogP) is 1.92. The fraction of sp³-hybridized carbons (Fsp3) is 0.900. The van der Waals surface area contributed by atoms with Crippen LogP contribution in [0.1, 0.15) is 39.0 Å². The van der Waals surface area contributed by atoms with E-state index < -0.39 is 0 Å². The second kappa shape index (κ2) is 2.56. The maximum absolute atomic E-state index is 10.9. The first-order valence-corrected chi connectivity index (χ1v) is 4.85. The van der Waals surface area contributed by atoms with Crippen LogP contribution in [0.5, 0.6) is 0 Å². The van der Waals surface area contributed by atoms with Gasteiger partial charge in [-0.3, -0.25) is 0 Å². The van der Waals surface area contributed by atoms with Gasteiger partial charge in [0.1, 0.15) is 6.29 Å². The molecule has 2 saturated heterocycles. The van der Waals surface area contributed by atoms with Gasteiger partial charge < -0.3 is 9.53 Å². The van der Waals surface area contributed by atoms with Crippen LogP contribution in [-0.4, -0.2) is 18.5 Å². The van der Waals surface area contributed by atoms with Crippen LogP contribution in [-0.2, 0) is 9.53 Å². The molecule has 0 aromatic heterocycles. The molecule has 0 radical (unpaired) electrons. The van der Waals surface area contributed by atoms with Gasteiger partial charge in [0.2, 0.25) is 0 Å². The molecule has 2 bridgehead atoms. The van der Waals surface area contributed by atoms with Gasteiger partial charge in [-0.15, -0.1) is 0 Å². The molecule has 1 aliphatic carbocycles. The number of carbonyl (C=O) groups is 1. The summed E-state index contributed by atoms with van der Waals surface area (Å²) in [5.41, 5.74) is 0.0433. The summed E-state index contributed by atoms with van der Waals surface area (Å²) in [4.78, 5) is 10.9. The van der Waals surface area contributed by atoms with E-state index in [0.717, 1.165) is 38.4 Å². The molecule has 2 aliphatic heterocycles. The molecule has 0 atom stereocenters. The summed E-state index contributed by atoms with van der Waals surface area (Å²) in [7, 11) is 0. The third kappa shape index (κ3) is 1.01. The monoisotopic (exact) mass is 168 g/mol. The first kappa shape index (κ1) is 8.24. The highest BCUT2D eigenvalue weighted by atomic mass is 16.5. The lowest BCUT2D eigenvalue weighted by Gasteiger charge is -2.50. The van der Waals surface area contributed by atoms with E-state index in [1.807, 2.05) is 0 Å². The Labute approximate surface area is 73.3 Å². The SMILES string of the molecule is CCC12CCC(C=O)(CC1)CO2. The van der Waals surface area contributed by atoms with E-state index in [0.29, 0.717) is 6.61 Å². The number of fused-ring (bicyclic) bond motifs is 3. The molecule has 3 aliphatic rings. The molecule has 2 heterocycles. The Morgan fingerprint density at radius 1 is 1.33 bits per heavy atom. The van der Waals surface area contributed by atoms with Crippen molar-refractivity contribution in [3.8, 4) is 0 Å². The zero-order valence-corrected chi connectivity index (χ0v) is 7.64. The number of carbonyl (C=O) groups excluding carboxylic acids is 1. The van der Waals surface area contributed by atoms with E-state index in [1.165, 1.54) is 0 Å². The number of rotatable bonds is 2. The molecule has 3 fully saturated rings. The normalized spacial score (nSPS) is 46.1. The van der Waals surface area contributed by atoms with Crippen LogP contribution in [0.25, 0.3) is 0 Å². The summed E-state index contributed by atoms with van der Waals surface area (Å²) in [6.45, 7) is 2.85. The summed E-state index contributed by atoms with van der Waals surface area (Å²) in [6, 6.07) is 0. The Hall–Kier alpha value is -0.370. The van der Waals surface area contributed by atoms with E-state index in [-0.39, 0.29) is 11.0 Å². The van der Waals surface area contributed by atoms with Crippen LogP contribution in [0.15, 0.2) is 0 Å². The second-order valence-corrected chi connectivity index (χ2v) is 4.31. The van der Waals surface area contributed by atoms with Crippen molar-refractivity contribution >= 4 is 6.29 Å². The van der Waals surface area contributed by atoms with Gasteiger partial charge in [-0.2, -0.15) is 0 Å². The van der Waals surface area contributed by atoms with Gasteiger partial charge in [0, 0.05) is 5.41 Å². The van der Waals surface area contributed by atoms with Crippen molar-refractivity contribution in [2.24, 2.45) is 5.41 Å². The first-order chi connectivity index (χ1) is 5.74. The number of hydrogen-bond acceptors (Lipinski definition) is 2. The van der Waals surface area contributed by atoms with Crippen LogP contribution >= 0.6 is 0 Å². The minimum absolute atomic E-state index is 0.100. The smallest absolute Gasteiger partial charge is 0.128 e. The highest BCUT2D eigenvalue weighted by Crippen LogP contribution is 2.48. The van der Waals surface area contributed by atoms with E-state index in [9.17, 15) is 4.79 Å². The maximum Gasteiger partial charge on any atom is 0.128 e.